The normalized spacial score (nSPS) is 15.5. The fourth-order valence-electron chi connectivity index (χ4n) is 1.86. The van der Waals surface area contributed by atoms with Crippen LogP contribution in [0.2, 0.25) is 0 Å². The van der Waals surface area contributed by atoms with Crippen LogP contribution in [0.1, 0.15) is 38.7 Å². The number of aromatic nitrogens is 1. The van der Waals surface area contributed by atoms with Gasteiger partial charge in [0.15, 0.2) is 0 Å². The molecule has 0 radical (unpaired) electrons. The third-order valence-corrected chi connectivity index (χ3v) is 2.58. The second-order valence-corrected chi connectivity index (χ2v) is 3.77. The van der Waals surface area contributed by atoms with Gasteiger partial charge in [0, 0.05) is 19.3 Å². The number of aryl methyl sites for hydroxylation is 1. The number of piperidine rings is 1. The first kappa shape index (κ1) is 12.0. The molecule has 1 aromatic heterocycles. The quantitative estimate of drug-likeness (QED) is 0.700. The summed E-state index contributed by atoms with van der Waals surface area (Å²) in [6, 6.07) is 2.22. The molecule has 0 N–H and O–H groups in total. The Morgan fingerprint density at radius 1 is 1.07 bits per heavy atom. The molecule has 84 valence electrons. The minimum atomic E-state index is 1.20. The van der Waals surface area contributed by atoms with Gasteiger partial charge in [0.1, 0.15) is 0 Å². The van der Waals surface area contributed by atoms with Crippen molar-refractivity contribution in [3.8, 4) is 0 Å². The Kier molecular flexibility index (Phi) is 5.16. The zero-order valence-corrected chi connectivity index (χ0v) is 10.2. The molecular weight excluding hydrogens is 184 g/mol. The molecule has 0 aromatic carbocycles. The van der Waals surface area contributed by atoms with Crippen molar-refractivity contribution in [2.24, 2.45) is 0 Å². The van der Waals surface area contributed by atoms with E-state index in [1.807, 2.05) is 26.2 Å². The van der Waals surface area contributed by atoms with E-state index in [-0.39, 0.29) is 0 Å². The number of rotatable bonds is 1. The van der Waals surface area contributed by atoms with Crippen LogP contribution in [0.3, 0.4) is 0 Å². The molecule has 15 heavy (non-hydrogen) atoms. The van der Waals surface area contributed by atoms with Crippen LogP contribution in [-0.2, 0) is 0 Å². The third kappa shape index (κ3) is 3.54. The summed E-state index contributed by atoms with van der Waals surface area (Å²) in [7, 11) is 0. The number of anilines is 1. The van der Waals surface area contributed by atoms with E-state index < -0.39 is 0 Å². The van der Waals surface area contributed by atoms with Crippen molar-refractivity contribution < 1.29 is 0 Å². The van der Waals surface area contributed by atoms with E-state index in [4.69, 9.17) is 0 Å². The second-order valence-electron chi connectivity index (χ2n) is 3.77. The van der Waals surface area contributed by atoms with Crippen molar-refractivity contribution in [1.29, 1.82) is 0 Å². The van der Waals surface area contributed by atoms with E-state index in [1.165, 1.54) is 43.6 Å². The molecule has 0 spiro atoms. The molecule has 0 amide bonds. The molecule has 2 heteroatoms. The number of pyridine rings is 1. The lowest BCUT2D eigenvalue weighted by Crippen LogP contribution is -2.29. The Morgan fingerprint density at radius 3 is 2.33 bits per heavy atom. The van der Waals surface area contributed by atoms with E-state index in [0.29, 0.717) is 0 Å². The van der Waals surface area contributed by atoms with E-state index in [9.17, 15) is 0 Å². The summed E-state index contributed by atoms with van der Waals surface area (Å²) >= 11 is 0. The summed E-state index contributed by atoms with van der Waals surface area (Å²) in [6.07, 6.45) is 7.92. The minimum Gasteiger partial charge on any atom is -0.370 e. The largest absolute Gasteiger partial charge is 0.370 e. The highest BCUT2D eigenvalue weighted by Gasteiger charge is 2.10. The monoisotopic (exact) mass is 206 g/mol. The highest BCUT2D eigenvalue weighted by Crippen LogP contribution is 2.19. The number of hydrogen-bond acceptors (Lipinski definition) is 2. The van der Waals surface area contributed by atoms with Gasteiger partial charge in [0.05, 0.1) is 11.9 Å². The Bertz CT molecular complexity index is 278. The van der Waals surface area contributed by atoms with Gasteiger partial charge < -0.3 is 4.90 Å². The summed E-state index contributed by atoms with van der Waals surface area (Å²) in [5.74, 6) is 0. The first-order chi connectivity index (χ1) is 7.36. The highest BCUT2D eigenvalue weighted by molar-refractivity contribution is 5.45. The van der Waals surface area contributed by atoms with Crippen molar-refractivity contribution in [2.45, 2.75) is 40.0 Å². The SMILES string of the molecule is CC.Cc1cncc(N2CCCCC2)c1. The first-order valence-corrected chi connectivity index (χ1v) is 6.03. The van der Waals surface area contributed by atoms with Gasteiger partial charge in [-0.25, -0.2) is 0 Å². The molecule has 2 heterocycles. The van der Waals surface area contributed by atoms with Gasteiger partial charge in [0.25, 0.3) is 0 Å². The van der Waals surface area contributed by atoms with Gasteiger partial charge in [-0.15, -0.1) is 0 Å². The van der Waals surface area contributed by atoms with Crippen LogP contribution in [-0.4, -0.2) is 18.1 Å². The average Bonchev–Trinajstić information content (AvgIpc) is 2.33. The van der Waals surface area contributed by atoms with Crippen molar-refractivity contribution in [2.75, 3.05) is 18.0 Å². The van der Waals surface area contributed by atoms with Gasteiger partial charge in [0.2, 0.25) is 0 Å². The second kappa shape index (κ2) is 6.44. The molecule has 1 aromatic rings. The Labute approximate surface area is 93.3 Å². The smallest absolute Gasteiger partial charge is 0.0555 e. The molecule has 1 fully saturated rings. The average molecular weight is 206 g/mol. The van der Waals surface area contributed by atoms with E-state index in [0.717, 1.165) is 0 Å². The third-order valence-electron chi connectivity index (χ3n) is 2.58. The van der Waals surface area contributed by atoms with E-state index in [2.05, 4.69) is 22.9 Å². The van der Waals surface area contributed by atoms with E-state index >= 15 is 0 Å². The molecule has 1 saturated heterocycles. The van der Waals surface area contributed by atoms with E-state index in [1.54, 1.807) is 0 Å². The molecule has 1 aliphatic heterocycles. The molecule has 0 aliphatic carbocycles. The molecule has 0 saturated carbocycles. The molecule has 0 atom stereocenters. The Hall–Kier alpha value is -1.05. The fraction of sp³-hybridized carbons (Fsp3) is 0.615. The van der Waals surface area contributed by atoms with Gasteiger partial charge in [-0.3, -0.25) is 4.98 Å². The molecule has 2 nitrogen and oxygen atoms in total. The van der Waals surface area contributed by atoms with Crippen LogP contribution in [0, 0.1) is 6.92 Å². The predicted octanol–water partition coefficient (Wildman–Crippen LogP) is 3.41. The van der Waals surface area contributed by atoms with Crippen molar-refractivity contribution in [1.82, 2.24) is 4.98 Å². The fourth-order valence-corrected chi connectivity index (χ4v) is 1.86. The van der Waals surface area contributed by atoms with Crippen LogP contribution in [0.5, 0.6) is 0 Å². The summed E-state index contributed by atoms with van der Waals surface area (Å²) < 4.78 is 0. The number of hydrogen-bond donors (Lipinski definition) is 0. The first-order valence-electron chi connectivity index (χ1n) is 6.03. The maximum atomic E-state index is 4.22. The van der Waals surface area contributed by atoms with Crippen LogP contribution in [0.15, 0.2) is 18.5 Å². The molecule has 2 rings (SSSR count). The van der Waals surface area contributed by atoms with Crippen LogP contribution >= 0.6 is 0 Å². The number of nitrogens with zero attached hydrogens (tertiary/aromatic N) is 2. The van der Waals surface area contributed by atoms with Crippen LogP contribution < -0.4 is 4.90 Å². The minimum absolute atomic E-state index is 1.20. The van der Waals surface area contributed by atoms with Crippen LogP contribution in [0.25, 0.3) is 0 Å². The zero-order valence-electron chi connectivity index (χ0n) is 10.2. The lowest BCUT2D eigenvalue weighted by Gasteiger charge is -2.28. The van der Waals surface area contributed by atoms with Gasteiger partial charge in [-0.1, -0.05) is 13.8 Å². The maximum absolute atomic E-state index is 4.22. The van der Waals surface area contributed by atoms with Gasteiger partial charge in [-0.05, 0) is 37.8 Å². The summed E-state index contributed by atoms with van der Waals surface area (Å²) in [4.78, 5) is 6.65. The molecule has 1 aliphatic rings. The molecular formula is C13H22N2. The lowest BCUT2D eigenvalue weighted by atomic mass is 10.1. The van der Waals surface area contributed by atoms with Crippen LogP contribution in [0.4, 0.5) is 5.69 Å². The Morgan fingerprint density at radius 2 is 1.73 bits per heavy atom. The molecule has 0 bridgehead atoms. The van der Waals surface area contributed by atoms with Gasteiger partial charge >= 0.3 is 0 Å². The maximum Gasteiger partial charge on any atom is 0.0555 e. The zero-order chi connectivity index (χ0) is 11.1. The Balaban J connectivity index is 0.000000531. The standard InChI is InChI=1S/C11H16N2.C2H6/c1-10-7-11(9-12-8-10)13-5-3-2-4-6-13;1-2/h7-9H,2-6H2,1H3;1-2H3. The highest BCUT2D eigenvalue weighted by atomic mass is 15.1. The topological polar surface area (TPSA) is 16.1 Å². The lowest BCUT2D eigenvalue weighted by molar-refractivity contribution is 0.577. The summed E-state index contributed by atoms with van der Waals surface area (Å²) in [5, 5.41) is 0. The summed E-state index contributed by atoms with van der Waals surface area (Å²) in [5.41, 5.74) is 2.54. The van der Waals surface area contributed by atoms with Crippen molar-refractivity contribution in [3.05, 3.63) is 24.0 Å². The predicted molar refractivity (Wildman–Crippen MR) is 66.4 cm³/mol. The van der Waals surface area contributed by atoms with Gasteiger partial charge in [-0.2, -0.15) is 0 Å². The van der Waals surface area contributed by atoms with Crippen molar-refractivity contribution in [3.63, 3.8) is 0 Å². The summed E-state index contributed by atoms with van der Waals surface area (Å²) in [6.45, 7) is 8.50. The van der Waals surface area contributed by atoms with Crippen molar-refractivity contribution >= 4 is 5.69 Å². The molecule has 0 unspecified atom stereocenters.